The van der Waals surface area contributed by atoms with E-state index in [9.17, 15) is 53.7 Å². The quantitative estimate of drug-likeness (QED) is 0.0915. The summed E-state index contributed by atoms with van der Waals surface area (Å²) < 4.78 is 0. The fraction of sp³-hybridized carbons (Fsp3) is 0.474. The van der Waals surface area contributed by atoms with E-state index in [2.05, 4.69) is 16.0 Å². The Morgan fingerprint density at radius 2 is 1.16 bits per heavy atom. The van der Waals surface area contributed by atoms with Crippen molar-refractivity contribution >= 4 is 47.4 Å². The summed E-state index contributed by atoms with van der Waals surface area (Å²) in [6.07, 6.45) is -0.329. The van der Waals surface area contributed by atoms with E-state index in [-0.39, 0.29) is 38.1 Å². The topological polar surface area (TPSA) is 286 Å². The first-order chi connectivity index (χ1) is 26.6. The van der Waals surface area contributed by atoms with Gasteiger partial charge < -0.3 is 51.9 Å². The zero-order valence-electron chi connectivity index (χ0n) is 30.7. The van der Waals surface area contributed by atoms with E-state index in [0.29, 0.717) is 36.8 Å². The van der Waals surface area contributed by atoms with Gasteiger partial charge in [-0.1, -0.05) is 42.5 Å². The van der Waals surface area contributed by atoms with Crippen LogP contribution in [0.1, 0.15) is 62.5 Å². The Kier molecular flexibility index (Phi) is 15.3. The van der Waals surface area contributed by atoms with Crippen LogP contribution in [0.4, 0.5) is 0 Å². The molecule has 5 amide bonds. The van der Waals surface area contributed by atoms with Gasteiger partial charge in [-0.2, -0.15) is 0 Å². The Balaban J connectivity index is 1.61. The third kappa shape index (κ3) is 12.0. The summed E-state index contributed by atoms with van der Waals surface area (Å²) in [5.74, 6) is -7.48. The number of nitrogens with one attached hydrogen (secondary N) is 3. The lowest BCUT2D eigenvalue weighted by Crippen LogP contribution is -2.60. The molecule has 6 atom stereocenters. The summed E-state index contributed by atoms with van der Waals surface area (Å²) in [4.78, 5) is 106. The maximum absolute atomic E-state index is 14.4. The number of benzene rings is 2. The van der Waals surface area contributed by atoms with Crippen LogP contribution in [0, 0.1) is 0 Å². The van der Waals surface area contributed by atoms with Crippen molar-refractivity contribution in [3.63, 3.8) is 0 Å². The molecule has 2 aliphatic heterocycles. The van der Waals surface area contributed by atoms with Crippen molar-refractivity contribution in [3.8, 4) is 5.75 Å². The second-order valence-electron chi connectivity index (χ2n) is 13.9. The standard InChI is InChI=1S/C38H48N6O12/c39-25(14-16-31(46)47)33(50)40-26(15-17-32(48)49)34(51)41-27(20-23-10-12-24(45)13-11-23)35(52)42-28(21-22-6-2-1-3-7-22)36(53)43-18-4-8-29(43)37(54)44-19-5-9-30(44)38(55)56/h1-3,6-7,10-13,25-30,45H,4-5,8-9,14-21,39H2,(H,40,50)(H,41,51)(H,42,52)(H,46,47)(H,48,49)(H,55,56)/t25-,26-,27-,28-,29-,30-/m0/s1. The molecule has 0 unspecified atom stereocenters. The number of carbonyl (C=O) groups excluding carboxylic acids is 5. The lowest BCUT2D eigenvalue weighted by molar-refractivity contribution is -0.152. The van der Waals surface area contributed by atoms with Crippen molar-refractivity contribution in [2.24, 2.45) is 5.73 Å². The highest BCUT2D eigenvalue weighted by atomic mass is 16.4. The van der Waals surface area contributed by atoms with Gasteiger partial charge in [0.25, 0.3) is 0 Å². The fourth-order valence-corrected chi connectivity index (χ4v) is 6.86. The van der Waals surface area contributed by atoms with E-state index in [1.165, 1.54) is 34.1 Å². The molecule has 4 rings (SSSR count). The third-order valence-electron chi connectivity index (χ3n) is 9.83. The van der Waals surface area contributed by atoms with Crippen LogP contribution in [0.2, 0.25) is 0 Å². The first-order valence-corrected chi connectivity index (χ1v) is 18.4. The minimum atomic E-state index is -1.51. The molecule has 56 heavy (non-hydrogen) atoms. The summed E-state index contributed by atoms with van der Waals surface area (Å²) in [7, 11) is 0. The number of carboxylic acids is 3. The minimum absolute atomic E-state index is 0.0182. The van der Waals surface area contributed by atoms with Gasteiger partial charge in [-0.3, -0.25) is 33.6 Å². The van der Waals surface area contributed by atoms with E-state index in [1.54, 1.807) is 30.3 Å². The molecule has 0 aliphatic carbocycles. The fourth-order valence-electron chi connectivity index (χ4n) is 6.86. The molecule has 2 aromatic rings. The van der Waals surface area contributed by atoms with Crippen molar-refractivity contribution in [1.82, 2.24) is 25.8 Å². The first kappa shape index (κ1) is 42.7. The third-order valence-corrected chi connectivity index (χ3v) is 9.83. The molecule has 9 N–H and O–H groups in total. The summed E-state index contributed by atoms with van der Waals surface area (Å²) in [5, 5.41) is 45.5. The van der Waals surface area contributed by atoms with Crippen molar-refractivity contribution in [2.45, 2.75) is 100 Å². The largest absolute Gasteiger partial charge is 0.508 e. The molecule has 0 aromatic heterocycles. The van der Waals surface area contributed by atoms with Gasteiger partial charge in [0.15, 0.2) is 0 Å². The average molecular weight is 781 g/mol. The van der Waals surface area contributed by atoms with E-state index < -0.39 is 103 Å². The first-order valence-electron chi connectivity index (χ1n) is 18.4. The lowest BCUT2D eigenvalue weighted by Gasteiger charge is -2.33. The number of carboxylic acid groups (broad SMARTS) is 3. The number of nitrogens with two attached hydrogens (primary N) is 1. The van der Waals surface area contributed by atoms with Crippen molar-refractivity contribution in [1.29, 1.82) is 0 Å². The predicted octanol–water partition coefficient (Wildman–Crippen LogP) is -0.245. The highest BCUT2D eigenvalue weighted by Crippen LogP contribution is 2.26. The Hall–Kier alpha value is -6.04. The molecule has 2 aliphatic rings. The number of nitrogens with zero attached hydrogens (tertiary/aromatic N) is 2. The highest BCUT2D eigenvalue weighted by Gasteiger charge is 2.44. The molecule has 0 spiro atoms. The van der Waals surface area contributed by atoms with Gasteiger partial charge in [0.1, 0.15) is 36.0 Å². The van der Waals surface area contributed by atoms with Gasteiger partial charge in [-0.25, -0.2) is 4.79 Å². The molecule has 302 valence electrons. The summed E-state index contributed by atoms with van der Waals surface area (Å²) in [5.41, 5.74) is 6.95. The van der Waals surface area contributed by atoms with Crippen LogP contribution in [-0.2, 0) is 51.2 Å². The Morgan fingerprint density at radius 1 is 0.643 bits per heavy atom. The van der Waals surface area contributed by atoms with Gasteiger partial charge in [-0.05, 0) is 61.8 Å². The number of likely N-dealkylation sites (tertiary alicyclic amines) is 2. The Bertz CT molecular complexity index is 1760. The van der Waals surface area contributed by atoms with E-state index in [4.69, 9.17) is 10.8 Å². The van der Waals surface area contributed by atoms with Crippen LogP contribution < -0.4 is 21.7 Å². The van der Waals surface area contributed by atoms with Gasteiger partial charge >= 0.3 is 17.9 Å². The zero-order valence-corrected chi connectivity index (χ0v) is 30.7. The SMILES string of the molecule is N[C@@H](CCC(=O)O)C(=O)N[C@@H](CCC(=O)O)C(=O)N[C@@H](Cc1ccc(O)cc1)C(=O)N[C@@H](Cc1ccccc1)C(=O)N1CCC[C@H]1C(=O)N1CCC[C@H]1C(=O)O. The monoisotopic (exact) mass is 780 g/mol. The second kappa shape index (κ2) is 20.0. The predicted molar refractivity (Wildman–Crippen MR) is 197 cm³/mol. The van der Waals surface area contributed by atoms with Crippen LogP contribution in [0.5, 0.6) is 5.75 Å². The number of phenols is 1. The molecule has 2 heterocycles. The van der Waals surface area contributed by atoms with Gasteiger partial charge in [0.05, 0.1) is 6.04 Å². The number of amides is 5. The van der Waals surface area contributed by atoms with Crippen LogP contribution in [0.25, 0.3) is 0 Å². The molecular weight excluding hydrogens is 732 g/mol. The highest BCUT2D eigenvalue weighted by molar-refractivity contribution is 5.97. The molecule has 2 saturated heterocycles. The lowest BCUT2D eigenvalue weighted by atomic mass is 10.0. The Morgan fingerprint density at radius 3 is 1.79 bits per heavy atom. The van der Waals surface area contributed by atoms with Crippen molar-refractivity contribution < 1.29 is 58.8 Å². The van der Waals surface area contributed by atoms with Crippen molar-refractivity contribution in [2.75, 3.05) is 13.1 Å². The van der Waals surface area contributed by atoms with Crippen LogP contribution in [0.15, 0.2) is 54.6 Å². The van der Waals surface area contributed by atoms with E-state index >= 15 is 0 Å². The number of hydrogen-bond donors (Lipinski definition) is 8. The van der Waals surface area contributed by atoms with E-state index in [0.717, 1.165) is 0 Å². The molecular formula is C38H48N6O12. The number of hydrogen-bond acceptors (Lipinski definition) is 10. The average Bonchev–Trinajstić information content (AvgIpc) is 3.87. The molecule has 2 aromatic carbocycles. The van der Waals surface area contributed by atoms with Gasteiger partial charge in [0.2, 0.25) is 29.5 Å². The summed E-state index contributed by atoms with van der Waals surface area (Å²) in [6.45, 7) is 0.411. The number of rotatable bonds is 19. The zero-order chi connectivity index (χ0) is 40.9. The van der Waals surface area contributed by atoms with Crippen molar-refractivity contribution in [3.05, 3.63) is 65.7 Å². The van der Waals surface area contributed by atoms with E-state index in [1.807, 2.05) is 0 Å². The molecule has 2 fully saturated rings. The van der Waals surface area contributed by atoms with Gasteiger partial charge in [0, 0.05) is 38.8 Å². The number of phenolic OH excluding ortho intramolecular Hbond substituents is 1. The normalized spacial score (nSPS) is 18.6. The molecule has 0 radical (unpaired) electrons. The molecule has 0 saturated carbocycles. The minimum Gasteiger partial charge on any atom is -0.508 e. The number of aromatic hydroxyl groups is 1. The maximum Gasteiger partial charge on any atom is 0.326 e. The van der Waals surface area contributed by atoms with Crippen LogP contribution in [0.3, 0.4) is 0 Å². The van der Waals surface area contributed by atoms with Crippen LogP contribution in [-0.4, -0.2) is 127 Å². The summed E-state index contributed by atoms with van der Waals surface area (Å²) >= 11 is 0. The van der Waals surface area contributed by atoms with Crippen LogP contribution >= 0.6 is 0 Å². The summed E-state index contributed by atoms with van der Waals surface area (Å²) in [6, 6.07) is 6.97. The van der Waals surface area contributed by atoms with Gasteiger partial charge in [-0.15, -0.1) is 0 Å². The second-order valence-corrected chi connectivity index (χ2v) is 13.9. The molecule has 18 heteroatoms. The number of carbonyl (C=O) groups is 8. The number of aliphatic carboxylic acids is 3. The molecule has 18 nitrogen and oxygen atoms in total. The smallest absolute Gasteiger partial charge is 0.326 e. The Labute approximate surface area is 322 Å². The molecule has 0 bridgehead atoms. The maximum atomic E-state index is 14.4.